The number of nitrogens with zero attached hydrogens (tertiary/aromatic N) is 2. The van der Waals surface area contributed by atoms with Crippen LogP contribution in [0.25, 0.3) is 0 Å². The fraction of sp³-hybridized carbons (Fsp3) is 0.400. The zero-order valence-electron chi connectivity index (χ0n) is 13.6. The minimum Gasteiger partial charge on any atom is -0.353 e. The van der Waals surface area contributed by atoms with Crippen molar-refractivity contribution in [3.05, 3.63) is 39.3 Å². The smallest absolute Gasteiger partial charge is 0.244 e. The first-order chi connectivity index (χ1) is 11.7. The lowest BCUT2D eigenvalue weighted by Gasteiger charge is -2.39. The van der Waals surface area contributed by atoms with Crippen LogP contribution >= 0.6 is 36.0 Å². The predicted octanol–water partition coefficient (Wildman–Crippen LogP) is 1.95. The van der Waals surface area contributed by atoms with Gasteiger partial charge in [0.05, 0.1) is 9.92 Å². The van der Waals surface area contributed by atoms with E-state index in [1.165, 1.54) is 23.9 Å². The number of sulfone groups is 1. The van der Waals surface area contributed by atoms with E-state index in [0.717, 1.165) is 0 Å². The maximum absolute atomic E-state index is 13.1. The fourth-order valence-electron chi connectivity index (χ4n) is 2.82. The number of hydrogen-bond acceptors (Lipinski definition) is 7. The van der Waals surface area contributed by atoms with E-state index in [-0.39, 0.29) is 20.9 Å². The van der Waals surface area contributed by atoms with Crippen molar-refractivity contribution in [1.82, 2.24) is 15.1 Å². The number of rotatable bonds is 3. The fourth-order valence-corrected chi connectivity index (χ4v) is 6.68. The van der Waals surface area contributed by atoms with Gasteiger partial charge >= 0.3 is 0 Å². The van der Waals surface area contributed by atoms with E-state index in [1.807, 2.05) is 4.90 Å². The summed E-state index contributed by atoms with van der Waals surface area (Å²) in [6.45, 7) is 2.86. The molecular weight excluding hydrogens is 402 g/mol. The molecule has 1 amide bonds. The summed E-state index contributed by atoms with van der Waals surface area (Å²) < 4.78 is 25.9. The number of thiol groups is 1. The van der Waals surface area contributed by atoms with Crippen LogP contribution < -0.4 is 5.32 Å². The van der Waals surface area contributed by atoms with Gasteiger partial charge in [0.1, 0.15) is 15.8 Å². The first-order valence-electron chi connectivity index (χ1n) is 7.60. The number of carbonyl (C=O) groups excluding carboxylic acids is 1. The molecule has 136 valence electrons. The molecule has 1 saturated heterocycles. The highest BCUT2D eigenvalue weighted by Gasteiger charge is 2.40. The molecule has 0 unspecified atom stereocenters. The average Bonchev–Trinajstić information content (AvgIpc) is 2.95. The first-order valence-corrected chi connectivity index (χ1v) is 10.9. The Balaban J connectivity index is 2.07. The third-order valence-corrected chi connectivity index (χ3v) is 8.01. The number of piperazine rings is 1. The number of likely N-dealkylation sites (N-methyl/N-ethyl adjacent to an activating group) is 1. The van der Waals surface area contributed by atoms with Gasteiger partial charge in [-0.05, 0) is 19.1 Å². The van der Waals surface area contributed by atoms with E-state index in [2.05, 4.69) is 17.9 Å². The van der Waals surface area contributed by atoms with Gasteiger partial charge in [-0.2, -0.15) is 0 Å². The third kappa shape index (κ3) is 3.34. The Morgan fingerprint density at radius 3 is 2.68 bits per heavy atom. The number of halogens is 1. The second-order valence-electron chi connectivity index (χ2n) is 5.81. The predicted molar refractivity (Wildman–Crippen MR) is 103 cm³/mol. The van der Waals surface area contributed by atoms with Gasteiger partial charge in [0.2, 0.25) is 15.7 Å². The molecule has 0 saturated carbocycles. The number of hydrogen-bond donors (Lipinski definition) is 2. The Labute approximate surface area is 161 Å². The summed E-state index contributed by atoms with van der Waals surface area (Å²) in [5.41, 5.74) is 0. The quantitative estimate of drug-likeness (QED) is 0.730. The van der Waals surface area contributed by atoms with Crippen LogP contribution in [-0.2, 0) is 14.6 Å². The van der Waals surface area contributed by atoms with Gasteiger partial charge in [-0.15, -0.1) is 12.6 Å². The van der Waals surface area contributed by atoms with Crippen molar-refractivity contribution >= 4 is 51.7 Å². The van der Waals surface area contributed by atoms with Crippen LogP contribution in [0.5, 0.6) is 0 Å². The molecule has 1 aromatic carbocycles. The lowest BCUT2D eigenvalue weighted by molar-refractivity contribution is -0.137. The molecule has 3 rings (SSSR count). The Hall–Kier alpha value is -1.03. The lowest BCUT2D eigenvalue weighted by atomic mass is 10.2. The van der Waals surface area contributed by atoms with Crippen molar-refractivity contribution in [2.24, 2.45) is 0 Å². The van der Waals surface area contributed by atoms with Crippen LogP contribution in [0.2, 0.25) is 5.02 Å². The zero-order chi connectivity index (χ0) is 18.4. The Bertz CT molecular complexity index is 843. The summed E-state index contributed by atoms with van der Waals surface area (Å²) in [6.07, 6.45) is 0. The topological polar surface area (TPSA) is 69.7 Å². The molecule has 25 heavy (non-hydrogen) atoms. The van der Waals surface area contributed by atoms with E-state index in [1.54, 1.807) is 31.0 Å². The number of carbonyl (C=O) groups is 1. The van der Waals surface area contributed by atoms with Crippen molar-refractivity contribution in [3.63, 3.8) is 0 Å². The minimum atomic E-state index is -3.85. The molecule has 2 aliphatic rings. The van der Waals surface area contributed by atoms with Gasteiger partial charge in [-0.25, -0.2) is 8.42 Å². The molecule has 1 fully saturated rings. The van der Waals surface area contributed by atoms with Crippen LogP contribution in [0.15, 0.2) is 39.2 Å². The third-order valence-electron chi connectivity index (χ3n) is 4.21. The standard InChI is InChI=1S/C15H18ClN3O3S3/c1-9-13(20)18(2)7-8-19(9)14-12(17-15(23)24-14)25(21,22)11-6-4-3-5-10(11)16/h3-6,9,15,17,23H,7-8H2,1-2H3/t9-,15-/m1/s1. The molecule has 1 aromatic rings. The maximum Gasteiger partial charge on any atom is 0.244 e. The zero-order valence-corrected chi connectivity index (χ0v) is 16.9. The van der Waals surface area contributed by atoms with Gasteiger partial charge < -0.3 is 15.1 Å². The summed E-state index contributed by atoms with van der Waals surface area (Å²) in [6, 6.07) is 5.87. The Morgan fingerprint density at radius 1 is 1.32 bits per heavy atom. The molecule has 6 nitrogen and oxygen atoms in total. The largest absolute Gasteiger partial charge is 0.353 e. The van der Waals surface area contributed by atoms with Gasteiger partial charge in [-0.1, -0.05) is 35.5 Å². The van der Waals surface area contributed by atoms with Gasteiger partial charge in [0, 0.05) is 20.1 Å². The number of benzene rings is 1. The van der Waals surface area contributed by atoms with Crippen molar-refractivity contribution in [2.75, 3.05) is 20.1 Å². The molecule has 0 radical (unpaired) electrons. The molecule has 1 N–H and O–H groups in total. The van der Waals surface area contributed by atoms with Crippen LogP contribution in [0.1, 0.15) is 6.92 Å². The summed E-state index contributed by atoms with van der Waals surface area (Å²) >= 11 is 11.7. The number of nitrogens with one attached hydrogen (secondary N) is 1. The van der Waals surface area contributed by atoms with Crippen molar-refractivity contribution < 1.29 is 13.2 Å². The Morgan fingerprint density at radius 2 is 2.00 bits per heavy atom. The molecule has 2 atom stereocenters. The number of amides is 1. The molecule has 10 heteroatoms. The molecule has 0 bridgehead atoms. The molecule has 0 aliphatic carbocycles. The van der Waals surface area contributed by atoms with Crippen LogP contribution in [0.3, 0.4) is 0 Å². The first kappa shape index (κ1) is 18.8. The highest BCUT2D eigenvalue weighted by atomic mass is 35.5. The normalized spacial score (nSPS) is 24.7. The minimum absolute atomic E-state index is 0.0350. The van der Waals surface area contributed by atoms with Crippen LogP contribution in [0, 0.1) is 0 Å². The van der Waals surface area contributed by atoms with E-state index in [4.69, 9.17) is 11.6 Å². The Kier molecular flexibility index (Phi) is 5.21. The van der Waals surface area contributed by atoms with E-state index < -0.39 is 20.6 Å². The summed E-state index contributed by atoms with van der Waals surface area (Å²) in [4.78, 5) is 15.8. The second kappa shape index (κ2) is 6.94. The van der Waals surface area contributed by atoms with Crippen LogP contribution in [-0.4, -0.2) is 55.0 Å². The summed E-state index contributed by atoms with van der Waals surface area (Å²) in [5.74, 6) is -0.0449. The maximum atomic E-state index is 13.1. The molecule has 2 heterocycles. The van der Waals surface area contributed by atoms with E-state index in [9.17, 15) is 13.2 Å². The molecule has 2 aliphatic heterocycles. The molecular formula is C15H18ClN3O3S3. The van der Waals surface area contributed by atoms with Crippen molar-refractivity contribution in [1.29, 1.82) is 0 Å². The van der Waals surface area contributed by atoms with Gasteiger partial charge in [0.15, 0.2) is 5.03 Å². The summed E-state index contributed by atoms with van der Waals surface area (Å²) in [5, 5.41) is 3.62. The average molecular weight is 420 g/mol. The van der Waals surface area contributed by atoms with Gasteiger partial charge in [0.25, 0.3) is 0 Å². The molecule has 0 aromatic heterocycles. The van der Waals surface area contributed by atoms with Crippen molar-refractivity contribution in [3.8, 4) is 0 Å². The van der Waals surface area contributed by atoms with Crippen LogP contribution in [0.4, 0.5) is 0 Å². The second-order valence-corrected chi connectivity index (χ2v) is 10.0. The SMILES string of the molecule is C[C@@H]1C(=O)N(C)CCN1C1=C(S(=O)(=O)c2ccccc2Cl)N[C@H](S)S1. The summed E-state index contributed by atoms with van der Waals surface area (Å²) in [7, 11) is -2.11. The monoisotopic (exact) mass is 419 g/mol. The van der Waals surface area contributed by atoms with Gasteiger partial charge in [-0.3, -0.25) is 4.79 Å². The lowest BCUT2D eigenvalue weighted by Crippen LogP contribution is -2.53. The van der Waals surface area contributed by atoms with E-state index in [0.29, 0.717) is 18.1 Å². The molecule has 0 spiro atoms. The highest BCUT2D eigenvalue weighted by molar-refractivity contribution is 8.14. The highest BCUT2D eigenvalue weighted by Crippen LogP contribution is 2.41. The number of thioether (sulfide) groups is 1. The van der Waals surface area contributed by atoms with E-state index >= 15 is 0 Å². The van der Waals surface area contributed by atoms with Crippen molar-refractivity contribution in [2.45, 2.75) is 22.6 Å².